The van der Waals surface area contributed by atoms with Gasteiger partial charge in [-0.2, -0.15) is 0 Å². The fourth-order valence-electron chi connectivity index (χ4n) is 1.47. The average molecular weight is 190 g/mol. The number of nitrogens with two attached hydrogens (primary N) is 1. The molecule has 0 spiro atoms. The van der Waals surface area contributed by atoms with Crippen molar-refractivity contribution < 1.29 is 4.84 Å². The predicted molar refractivity (Wildman–Crippen MR) is 56.3 cm³/mol. The summed E-state index contributed by atoms with van der Waals surface area (Å²) in [5.74, 6) is 0. The Kier molecular flexibility index (Phi) is 2.50. The van der Waals surface area contributed by atoms with Crippen LogP contribution in [0.1, 0.15) is 17.5 Å². The van der Waals surface area contributed by atoms with E-state index in [0.717, 1.165) is 17.7 Å². The third-order valence-electron chi connectivity index (χ3n) is 2.38. The maximum atomic E-state index is 5.50. The summed E-state index contributed by atoms with van der Waals surface area (Å²) in [4.78, 5) is 5.16. The number of hydrogen-bond acceptors (Lipinski definition) is 3. The van der Waals surface area contributed by atoms with Gasteiger partial charge in [0.15, 0.2) is 0 Å². The summed E-state index contributed by atoms with van der Waals surface area (Å²) in [6.45, 7) is 2.60. The second-order valence-corrected chi connectivity index (χ2v) is 3.57. The van der Waals surface area contributed by atoms with Gasteiger partial charge in [0.05, 0.1) is 5.71 Å². The van der Waals surface area contributed by atoms with Crippen molar-refractivity contribution in [2.24, 2.45) is 10.9 Å². The predicted octanol–water partition coefficient (Wildman–Crippen LogP) is 1.45. The molecule has 1 aromatic rings. The Morgan fingerprint density at radius 1 is 1.43 bits per heavy atom. The number of benzene rings is 1. The molecule has 0 aromatic heterocycles. The SMILES string of the molecule is Cc1ccc(C2=NOC(CN)C2)cc1. The van der Waals surface area contributed by atoms with Crippen LogP contribution in [-0.4, -0.2) is 18.4 Å². The van der Waals surface area contributed by atoms with Crippen molar-refractivity contribution in [1.82, 2.24) is 0 Å². The Hall–Kier alpha value is -1.35. The van der Waals surface area contributed by atoms with Crippen LogP contribution in [0.2, 0.25) is 0 Å². The molecule has 0 aliphatic carbocycles. The van der Waals surface area contributed by atoms with Crippen LogP contribution >= 0.6 is 0 Å². The molecule has 0 amide bonds. The number of oxime groups is 1. The molecule has 14 heavy (non-hydrogen) atoms. The molecule has 2 rings (SSSR count). The van der Waals surface area contributed by atoms with Crippen LogP contribution in [-0.2, 0) is 4.84 Å². The Balaban J connectivity index is 2.13. The first kappa shape index (κ1) is 9.21. The molecular weight excluding hydrogens is 176 g/mol. The van der Waals surface area contributed by atoms with Crippen LogP contribution in [0.3, 0.4) is 0 Å². The van der Waals surface area contributed by atoms with E-state index in [1.165, 1.54) is 5.56 Å². The summed E-state index contributed by atoms with van der Waals surface area (Å²) in [5, 5.41) is 4.02. The van der Waals surface area contributed by atoms with Crippen molar-refractivity contribution in [3.8, 4) is 0 Å². The van der Waals surface area contributed by atoms with E-state index >= 15 is 0 Å². The molecule has 1 aliphatic rings. The zero-order valence-electron chi connectivity index (χ0n) is 8.23. The lowest BCUT2D eigenvalue weighted by molar-refractivity contribution is 0.0918. The van der Waals surface area contributed by atoms with Gasteiger partial charge in [-0.25, -0.2) is 0 Å². The molecule has 1 aliphatic heterocycles. The van der Waals surface area contributed by atoms with Crippen LogP contribution in [0.15, 0.2) is 29.4 Å². The van der Waals surface area contributed by atoms with E-state index < -0.39 is 0 Å². The van der Waals surface area contributed by atoms with Gasteiger partial charge in [-0.15, -0.1) is 0 Å². The van der Waals surface area contributed by atoms with Gasteiger partial charge in [0, 0.05) is 13.0 Å². The minimum Gasteiger partial charge on any atom is -0.390 e. The fourth-order valence-corrected chi connectivity index (χ4v) is 1.47. The highest BCUT2D eigenvalue weighted by molar-refractivity contribution is 6.01. The van der Waals surface area contributed by atoms with Crippen LogP contribution in [0.25, 0.3) is 0 Å². The molecule has 0 radical (unpaired) electrons. The Bertz CT molecular complexity index is 343. The fraction of sp³-hybridized carbons (Fsp3) is 0.364. The lowest BCUT2D eigenvalue weighted by atomic mass is 10.0. The Morgan fingerprint density at radius 3 is 2.71 bits per heavy atom. The highest BCUT2D eigenvalue weighted by Gasteiger charge is 2.20. The van der Waals surface area contributed by atoms with Crippen LogP contribution < -0.4 is 5.73 Å². The van der Waals surface area contributed by atoms with Crippen molar-refractivity contribution in [1.29, 1.82) is 0 Å². The smallest absolute Gasteiger partial charge is 0.145 e. The maximum Gasteiger partial charge on any atom is 0.145 e. The van der Waals surface area contributed by atoms with Gasteiger partial charge in [0.2, 0.25) is 0 Å². The number of aryl methyl sites for hydroxylation is 1. The van der Waals surface area contributed by atoms with Gasteiger partial charge in [-0.3, -0.25) is 0 Å². The molecule has 3 heteroatoms. The van der Waals surface area contributed by atoms with Crippen molar-refractivity contribution >= 4 is 5.71 Å². The molecule has 74 valence electrons. The van der Waals surface area contributed by atoms with E-state index in [4.69, 9.17) is 10.6 Å². The number of hydrogen-bond donors (Lipinski definition) is 1. The van der Waals surface area contributed by atoms with Gasteiger partial charge in [-0.1, -0.05) is 35.0 Å². The maximum absolute atomic E-state index is 5.50. The summed E-state index contributed by atoms with van der Waals surface area (Å²) in [5.41, 5.74) is 8.88. The number of nitrogens with zero attached hydrogens (tertiary/aromatic N) is 1. The normalized spacial score (nSPS) is 20.4. The van der Waals surface area contributed by atoms with Crippen molar-refractivity contribution in [3.05, 3.63) is 35.4 Å². The molecule has 1 aromatic carbocycles. The molecule has 0 fully saturated rings. The molecule has 2 N–H and O–H groups in total. The first-order valence-corrected chi connectivity index (χ1v) is 4.79. The van der Waals surface area contributed by atoms with Crippen molar-refractivity contribution in [2.75, 3.05) is 6.54 Å². The van der Waals surface area contributed by atoms with E-state index in [1.54, 1.807) is 0 Å². The lowest BCUT2D eigenvalue weighted by Crippen LogP contribution is -2.20. The third-order valence-corrected chi connectivity index (χ3v) is 2.38. The second-order valence-electron chi connectivity index (χ2n) is 3.57. The van der Waals surface area contributed by atoms with E-state index in [0.29, 0.717) is 6.54 Å². The van der Waals surface area contributed by atoms with Gasteiger partial charge in [0.25, 0.3) is 0 Å². The van der Waals surface area contributed by atoms with Gasteiger partial charge in [-0.05, 0) is 12.5 Å². The molecule has 0 saturated carbocycles. The highest BCUT2D eigenvalue weighted by Crippen LogP contribution is 2.16. The summed E-state index contributed by atoms with van der Waals surface area (Å²) >= 11 is 0. The van der Waals surface area contributed by atoms with E-state index in [2.05, 4.69) is 36.3 Å². The summed E-state index contributed by atoms with van der Waals surface area (Å²) in [7, 11) is 0. The van der Waals surface area contributed by atoms with Crippen molar-refractivity contribution in [3.63, 3.8) is 0 Å². The topological polar surface area (TPSA) is 47.6 Å². The quantitative estimate of drug-likeness (QED) is 0.767. The van der Waals surface area contributed by atoms with Crippen LogP contribution in [0.5, 0.6) is 0 Å². The molecule has 1 heterocycles. The van der Waals surface area contributed by atoms with Crippen molar-refractivity contribution in [2.45, 2.75) is 19.4 Å². The van der Waals surface area contributed by atoms with Crippen LogP contribution in [0.4, 0.5) is 0 Å². The summed E-state index contributed by atoms with van der Waals surface area (Å²) in [6.07, 6.45) is 0.880. The molecule has 0 saturated heterocycles. The summed E-state index contributed by atoms with van der Waals surface area (Å²) < 4.78 is 0. The summed E-state index contributed by atoms with van der Waals surface area (Å²) in [6, 6.07) is 8.29. The zero-order valence-corrected chi connectivity index (χ0v) is 8.23. The first-order chi connectivity index (χ1) is 6.79. The van der Waals surface area contributed by atoms with Crippen LogP contribution in [0, 0.1) is 6.92 Å². The van der Waals surface area contributed by atoms with Gasteiger partial charge < -0.3 is 10.6 Å². The first-order valence-electron chi connectivity index (χ1n) is 4.79. The molecule has 1 unspecified atom stereocenters. The van der Waals surface area contributed by atoms with E-state index in [9.17, 15) is 0 Å². The molecular formula is C11H14N2O. The van der Waals surface area contributed by atoms with Gasteiger partial charge >= 0.3 is 0 Å². The minimum absolute atomic E-state index is 0.0614. The minimum atomic E-state index is 0.0614. The highest BCUT2D eigenvalue weighted by atomic mass is 16.6. The Labute approximate surface area is 83.6 Å². The standard InChI is InChI=1S/C11H14N2O/c1-8-2-4-9(5-3-8)11-6-10(7-12)14-13-11/h2-5,10H,6-7,12H2,1H3. The Morgan fingerprint density at radius 2 is 2.14 bits per heavy atom. The monoisotopic (exact) mass is 190 g/mol. The van der Waals surface area contributed by atoms with E-state index in [-0.39, 0.29) is 6.10 Å². The average Bonchev–Trinajstić information content (AvgIpc) is 2.67. The molecule has 1 atom stereocenters. The number of rotatable bonds is 2. The molecule has 3 nitrogen and oxygen atoms in total. The largest absolute Gasteiger partial charge is 0.390 e. The zero-order chi connectivity index (χ0) is 9.97. The lowest BCUT2D eigenvalue weighted by Gasteiger charge is -2.02. The van der Waals surface area contributed by atoms with E-state index in [1.807, 2.05) is 0 Å². The van der Waals surface area contributed by atoms with Gasteiger partial charge in [0.1, 0.15) is 6.10 Å². The third kappa shape index (κ3) is 1.77. The molecule has 0 bridgehead atoms. The second kappa shape index (κ2) is 3.80.